The second-order valence-electron chi connectivity index (χ2n) is 3.77. The molecule has 17 heavy (non-hydrogen) atoms. The number of nitrogens with zero attached hydrogens (tertiary/aromatic N) is 2. The first-order valence-electron chi connectivity index (χ1n) is 5.23. The number of nitrogens with two attached hydrogens (primary N) is 1. The number of nitrogens with one attached hydrogen (secondary N) is 1. The van der Waals surface area contributed by atoms with E-state index in [1.54, 1.807) is 6.07 Å². The number of rotatable bonds is 3. The molecular formula is C12H13ClN4. The zero-order valence-corrected chi connectivity index (χ0v) is 10.2. The second kappa shape index (κ2) is 5.01. The standard InChI is InChI=1S/C12H13ClN4/c1-8-2-4-9(5-3-8)7-15-11-6-10(13)16-12(14)17-11/h2-6H,7H2,1H3,(H3,14,15,16,17). The number of hydrogen-bond acceptors (Lipinski definition) is 4. The minimum atomic E-state index is 0.170. The lowest BCUT2D eigenvalue weighted by molar-refractivity contribution is 1.09. The van der Waals surface area contributed by atoms with Gasteiger partial charge in [-0.25, -0.2) is 4.98 Å². The lowest BCUT2D eigenvalue weighted by Gasteiger charge is -2.06. The Hall–Kier alpha value is -1.81. The molecule has 1 heterocycles. The van der Waals surface area contributed by atoms with Gasteiger partial charge >= 0.3 is 0 Å². The topological polar surface area (TPSA) is 63.8 Å². The molecule has 0 fully saturated rings. The van der Waals surface area contributed by atoms with Crippen molar-refractivity contribution in [1.82, 2.24) is 9.97 Å². The molecule has 1 aromatic heterocycles. The Morgan fingerprint density at radius 3 is 2.59 bits per heavy atom. The summed E-state index contributed by atoms with van der Waals surface area (Å²) in [5.41, 5.74) is 7.91. The number of benzene rings is 1. The molecule has 2 rings (SSSR count). The predicted molar refractivity (Wildman–Crippen MR) is 70.0 cm³/mol. The Kier molecular flexibility index (Phi) is 3.44. The Labute approximate surface area is 105 Å². The summed E-state index contributed by atoms with van der Waals surface area (Å²) in [4.78, 5) is 7.83. The number of anilines is 2. The van der Waals surface area contributed by atoms with Crippen molar-refractivity contribution in [3.8, 4) is 0 Å². The fourth-order valence-electron chi connectivity index (χ4n) is 1.42. The van der Waals surface area contributed by atoms with Crippen LogP contribution >= 0.6 is 11.6 Å². The number of nitrogen functional groups attached to an aromatic ring is 1. The van der Waals surface area contributed by atoms with Gasteiger partial charge in [0.25, 0.3) is 0 Å². The van der Waals surface area contributed by atoms with Crippen molar-refractivity contribution in [3.05, 3.63) is 46.6 Å². The molecular weight excluding hydrogens is 236 g/mol. The minimum Gasteiger partial charge on any atom is -0.368 e. The van der Waals surface area contributed by atoms with Crippen molar-refractivity contribution in [3.63, 3.8) is 0 Å². The SMILES string of the molecule is Cc1ccc(CNc2cc(Cl)nc(N)n2)cc1. The molecule has 1 aromatic carbocycles. The quantitative estimate of drug-likeness (QED) is 0.820. The average molecular weight is 249 g/mol. The average Bonchev–Trinajstić information content (AvgIpc) is 2.27. The van der Waals surface area contributed by atoms with Crippen molar-refractivity contribution in [1.29, 1.82) is 0 Å². The minimum absolute atomic E-state index is 0.170. The molecule has 0 radical (unpaired) electrons. The van der Waals surface area contributed by atoms with Gasteiger partial charge in [-0.15, -0.1) is 0 Å². The van der Waals surface area contributed by atoms with Crippen LogP contribution < -0.4 is 11.1 Å². The highest BCUT2D eigenvalue weighted by atomic mass is 35.5. The van der Waals surface area contributed by atoms with Gasteiger partial charge in [-0.05, 0) is 12.5 Å². The summed E-state index contributed by atoms with van der Waals surface area (Å²) in [5.74, 6) is 0.798. The number of hydrogen-bond donors (Lipinski definition) is 2. The van der Waals surface area contributed by atoms with E-state index in [0.29, 0.717) is 17.5 Å². The maximum Gasteiger partial charge on any atom is 0.223 e. The molecule has 0 amide bonds. The molecule has 2 aromatic rings. The van der Waals surface area contributed by atoms with Crippen LogP contribution in [0.2, 0.25) is 5.15 Å². The monoisotopic (exact) mass is 248 g/mol. The van der Waals surface area contributed by atoms with Crippen molar-refractivity contribution in [2.75, 3.05) is 11.1 Å². The number of aromatic nitrogens is 2. The van der Waals surface area contributed by atoms with Crippen LogP contribution in [0.15, 0.2) is 30.3 Å². The van der Waals surface area contributed by atoms with E-state index in [9.17, 15) is 0 Å². The summed E-state index contributed by atoms with van der Waals surface area (Å²) in [6.07, 6.45) is 0. The van der Waals surface area contributed by atoms with Crippen LogP contribution in [0.4, 0.5) is 11.8 Å². The summed E-state index contributed by atoms with van der Waals surface area (Å²) < 4.78 is 0. The van der Waals surface area contributed by atoms with Crippen LogP contribution in [0, 0.1) is 6.92 Å². The maximum absolute atomic E-state index is 5.78. The third-order valence-electron chi connectivity index (χ3n) is 2.31. The Morgan fingerprint density at radius 2 is 1.94 bits per heavy atom. The van der Waals surface area contributed by atoms with Crippen LogP contribution in [0.25, 0.3) is 0 Å². The molecule has 3 N–H and O–H groups in total. The molecule has 0 aliphatic heterocycles. The first-order valence-corrected chi connectivity index (χ1v) is 5.61. The fourth-order valence-corrected chi connectivity index (χ4v) is 1.61. The van der Waals surface area contributed by atoms with E-state index >= 15 is 0 Å². The van der Waals surface area contributed by atoms with E-state index in [2.05, 4.69) is 46.5 Å². The predicted octanol–water partition coefficient (Wildman–Crippen LogP) is 2.63. The van der Waals surface area contributed by atoms with E-state index in [0.717, 1.165) is 0 Å². The smallest absolute Gasteiger partial charge is 0.223 e. The third-order valence-corrected chi connectivity index (χ3v) is 2.50. The first-order chi connectivity index (χ1) is 8.13. The Morgan fingerprint density at radius 1 is 1.24 bits per heavy atom. The fraction of sp³-hybridized carbons (Fsp3) is 0.167. The van der Waals surface area contributed by atoms with Gasteiger partial charge in [0.1, 0.15) is 11.0 Å². The van der Waals surface area contributed by atoms with E-state index in [4.69, 9.17) is 17.3 Å². The summed E-state index contributed by atoms with van der Waals surface area (Å²) in [6, 6.07) is 9.91. The zero-order chi connectivity index (χ0) is 12.3. The molecule has 0 aliphatic carbocycles. The Bertz CT molecular complexity index is 490. The van der Waals surface area contributed by atoms with Gasteiger partial charge in [-0.3, -0.25) is 0 Å². The van der Waals surface area contributed by atoms with Crippen LogP contribution in [0.3, 0.4) is 0 Å². The molecule has 0 aliphatic rings. The molecule has 5 heteroatoms. The molecule has 88 valence electrons. The van der Waals surface area contributed by atoms with E-state index in [1.807, 2.05) is 0 Å². The van der Waals surface area contributed by atoms with Gasteiger partial charge in [0.05, 0.1) is 0 Å². The van der Waals surface area contributed by atoms with Gasteiger partial charge < -0.3 is 11.1 Å². The van der Waals surface area contributed by atoms with Crippen molar-refractivity contribution in [2.45, 2.75) is 13.5 Å². The van der Waals surface area contributed by atoms with Crippen molar-refractivity contribution in [2.24, 2.45) is 0 Å². The molecule has 0 unspecified atom stereocenters. The highest BCUT2D eigenvalue weighted by Crippen LogP contribution is 2.13. The molecule has 4 nitrogen and oxygen atoms in total. The lowest BCUT2D eigenvalue weighted by Crippen LogP contribution is -2.04. The Balaban J connectivity index is 2.04. The summed E-state index contributed by atoms with van der Waals surface area (Å²) in [5, 5.41) is 3.48. The summed E-state index contributed by atoms with van der Waals surface area (Å²) in [7, 11) is 0. The molecule has 0 spiro atoms. The van der Waals surface area contributed by atoms with Crippen LogP contribution in [-0.4, -0.2) is 9.97 Å². The lowest BCUT2D eigenvalue weighted by atomic mass is 10.1. The number of aryl methyl sites for hydroxylation is 1. The van der Waals surface area contributed by atoms with Gasteiger partial charge in [-0.2, -0.15) is 4.98 Å². The summed E-state index contributed by atoms with van der Waals surface area (Å²) >= 11 is 5.78. The van der Waals surface area contributed by atoms with Crippen LogP contribution in [0.1, 0.15) is 11.1 Å². The largest absolute Gasteiger partial charge is 0.368 e. The molecule has 0 saturated carbocycles. The molecule has 0 atom stereocenters. The van der Waals surface area contributed by atoms with Crippen molar-refractivity contribution >= 4 is 23.4 Å². The van der Waals surface area contributed by atoms with Crippen LogP contribution in [0.5, 0.6) is 0 Å². The van der Waals surface area contributed by atoms with E-state index < -0.39 is 0 Å². The summed E-state index contributed by atoms with van der Waals surface area (Å²) in [6.45, 7) is 2.73. The van der Waals surface area contributed by atoms with Gasteiger partial charge in [0, 0.05) is 12.6 Å². The third kappa shape index (κ3) is 3.32. The van der Waals surface area contributed by atoms with E-state index in [1.165, 1.54) is 11.1 Å². The maximum atomic E-state index is 5.78. The van der Waals surface area contributed by atoms with E-state index in [-0.39, 0.29) is 5.95 Å². The van der Waals surface area contributed by atoms with Crippen LogP contribution in [-0.2, 0) is 6.54 Å². The molecule has 0 saturated heterocycles. The van der Waals surface area contributed by atoms with Gasteiger partial charge in [0.15, 0.2) is 0 Å². The number of halogens is 1. The van der Waals surface area contributed by atoms with Crippen molar-refractivity contribution < 1.29 is 0 Å². The highest BCUT2D eigenvalue weighted by Gasteiger charge is 2.00. The van der Waals surface area contributed by atoms with Gasteiger partial charge in [0.2, 0.25) is 5.95 Å². The zero-order valence-electron chi connectivity index (χ0n) is 9.44. The normalized spacial score (nSPS) is 10.2. The molecule has 0 bridgehead atoms. The first kappa shape index (κ1) is 11.7. The highest BCUT2D eigenvalue weighted by molar-refractivity contribution is 6.29. The van der Waals surface area contributed by atoms with Gasteiger partial charge in [-0.1, -0.05) is 41.4 Å². The second-order valence-corrected chi connectivity index (χ2v) is 4.16.